The molecule has 1 unspecified atom stereocenters. The van der Waals surface area contributed by atoms with Crippen LogP contribution in [-0.4, -0.2) is 36.9 Å². The van der Waals surface area contributed by atoms with E-state index in [1.54, 1.807) is 7.05 Å². The highest BCUT2D eigenvalue weighted by molar-refractivity contribution is 5.86. The molecule has 0 fully saturated rings. The number of amides is 1. The molecule has 1 heterocycles. The van der Waals surface area contributed by atoms with Gasteiger partial charge >= 0.3 is 0 Å². The maximum absolute atomic E-state index is 11.9. The van der Waals surface area contributed by atoms with Crippen LogP contribution in [0, 0.1) is 0 Å². The minimum atomic E-state index is -0.0299. The monoisotopic (exact) mass is 364 g/mol. The van der Waals surface area contributed by atoms with Gasteiger partial charge < -0.3 is 9.47 Å². The fraction of sp³-hybridized carbons (Fsp3) is 0.364. The zero-order valence-corrected chi connectivity index (χ0v) is 15.7. The Labute approximate surface area is 159 Å². The number of hydrogen-bond donors (Lipinski definition) is 0. The molecule has 2 aliphatic rings. The lowest BCUT2D eigenvalue weighted by Crippen LogP contribution is -2.28. The summed E-state index contributed by atoms with van der Waals surface area (Å²) in [4.78, 5) is 11.9. The van der Waals surface area contributed by atoms with Crippen molar-refractivity contribution in [2.75, 3.05) is 13.7 Å². The number of nitrogens with zero attached hydrogens (tertiary/aromatic N) is 2. The Hall–Kier alpha value is -2.82. The SMILES string of the molecule is CCOc1cc(C2C=NN(C)C(=O)C2)ccc1OC1Cc2ccccc2C1. The Morgan fingerprint density at radius 3 is 2.48 bits per heavy atom. The van der Waals surface area contributed by atoms with E-state index in [0.717, 1.165) is 29.9 Å². The zero-order chi connectivity index (χ0) is 18.8. The molecule has 0 aromatic heterocycles. The van der Waals surface area contributed by atoms with E-state index in [4.69, 9.17) is 9.47 Å². The minimum absolute atomic E-state index is 0.0181. The van der Waals surface area contributed by atoms with Gasteiger partial charge in [0.15, 0.2) is 11.5 Å². The predicted molar refractivity (Wildman–Crippen MR) is 104 cm³/mol. The summed E-state index contributed by atoms with van der Waals surface area (Å²) in [5.41, 5.74) is 3.74. The molecule has 5 heteroatoms. The van der Waals surface area contributed by atoms with Gasteiger partial charge in [0, 0.05) is 38.4 Å². The maximum Gasteiger partial charge on any atom is 0.243 e. The van der Waals surface area contributed by atoms with Crippen LogP contribution in [0.15, 0.2) is 47.6 Å². The van der Waals surface area contributed by atoms with Gasteiger partial charge in [0.2, 0.25) is 5.91 Å². The molecule has 2 aromatic rings. The summed E-state index contributed by atoms with van der Waals surface area (Å²) in [6, 6.07) is 14.4. The van der Waals surface area contributed by atoms with Crippen molar-refractivity contribution < 1.29 is 14.3 Å². The first-order valence-electron chi connectivity index (χ1n) is 9.45. The largest absolute Gasteiger partial charge is 0.490 e. The molecule has 27 heavy (non-hydrogen) atoms. The number of rotatable bonds is 5. The average molecular weight is 364 g/mol. The van der Waals surface area contributed by atoms with Crippen molar-refractivity contribution in [3.05, 3.63) is 59.2 Å². The molecular formula is C22H24N2O3. The van der Waals surface area contributed by atoms with Gasteiger partial charge in [0.25, 0.3) is 0 Å². The Bertz CT molecular complexity index is 853. The van der Waals surface area contributed by atoms with Crippen molar-refractivity contribution in [1.29, 1.82) is 0 Å². The normalized spacial score (nSPS) is 19.3. The molecule has 1 aliphatic heterocycles. The van der Waals surface area contributed by atoms with Crippen LogP contribution < -0.4 is 9.47 Å². The number of hydrazone groups is 1. The Morgan fingerprint density at radius 1 is 1.07 bits per heavy atom. The van der Waals surface area contributed by atoms with E-state index in [-0.39, 0.29) is 17.9 Å². The van der Waals surface area contributed by atoms with Crippen LogP contribution in [0.2, 0.25) is 0 Å². The fourth-order valence-electron chi connectivity index (χ4n) is 3.72. The Balaban J connectivity index is 1.53. The molecule has 4 rings (SSSR count). The standard InChI is InChI=1S/C22H24N2O3/c1-3-26-21-12-17(18-13-22(25)24(2)23-14-18)8-9-20(21)27-19-10-15-6-4-5-7-16(15)11-19/h4-9,12,14,18-19H,3,10-11,13H2,1-2H3. The number of hydrogen-bond acceptors (Lipinski definition) is 4. The number of carbonyl (C=O) groups excluding carboxylic acids is 1. The van der Waals surface area contributed by atoms with Crippen LogP contribution in [0.25, 0.3) is 0 Å². The minimum Gasteiger partial charge on any atom is -0.490 e. The third-order valence-corrected chi connectivity index (χ3v) is 5.18. The van der Waals surface area contributed by atoms with E-state index in [2.05, 4.69) is 29.4 Å². The summed E-state index contributed by atoms with van der Waals surface area (Å²) in [7, 11) is 1.68. The molecule has 0 saturated carbocycles. The van der Waals surface area contributed by atoms with Crippen LogP contribution in [0.1, 0.15) is 36.0 Å². The van der Waals surface area contributed by atoms with Crippen LogP contribution in [0.4, 0.5) is 0 Å². The molecule has 0 N–H and O–H groups in total. The van der Waals surface area contributed by atoms with Gasteiger partial charge in [-0.05, 0) is 35.7 Å². The third-order valence-electron chi connectivity index (χ3n) is 5.18. The number of fused-ring (bicyclic) bond motifs is 1. The lowest BCUT2D eigenvalue weighted by molar-refractivity contribution is -0.130. The van der Waals surface area contributed by atoms with Crippen molar-refractivity contribution in [2.45, 2.75) is 38.2 Å². The van der Waals surface area contributed by atoms with Crippen LogP contribution >= 0.6 is 0 Å². The smallest absolute Gasteiger partial charge is 0.243 e. The first-order chi connectivity index (χ1) is 13.1. The third kappa shape index (κ3) is 3.68. The maximum atomic E-state index is 11.9. The summed E-state index contributed by atoms with van der Waals surface area (Å²) < 4.78 is 12.1. The van der Waals surface area contributed by atoms with Crippen LogP contribution in [0.5, 0.6) is 11.5 Å². The predicted octanol–water partition coefficient (Wildman–Crippen LogP) is 3.56. The van der Waals surface area contributed by atoms with Crippen molar-refractivity contribution in [1.82, 2.24) is 5.01 Å². The van der Waals surface area contributed by atoms with E-state index in [0.29, 0.717) is 13.0 Å². The van der Waals surface area contributed by atoms with E-state index < -0.39 is 0 Å². The van der Waals surface area contributed by atoms with Gasteiger partial charge in [-0.3, -0.25) is 4.79 Å². The molecule has 0 radical (unpaired) electrons. The number of benzene rings is 2. The molecule has 1 atom stereocenters. The van der Waals surface area contributed by atoms with Crippen LogP contribution in [-0.2, 0) is 17.6 Å². The summed E-state index contributed by atoms with van der Waals surface area (Å²) in [5.74, 6) is 1.47. The van der Waals surface area contributed by atoms with E-state index in [1.165, 1.54) is 16.1 Å². The Morgan fingerprint density at radius 2 is 1.81 bits per heavy atom. The van der Waals surface area contributed by atoms with Gasteiger partial charge in [-0.2, -0.15) is 5.10 Å². The highest BCUT2D eigenvalue weighted by Crippen LogP contribution is 2.35. The molecule has 0 spiro atoms. The topological polar surface area (TPSA) is 51.1 Å². The number of ether oxygens (including phenoxy) is 2. The quantitative estimate of drug-likeness (QED) is 0.815. The zero-order valence-electron chi connectivity index (χ0n) is 15.7. The summed E-state index contributed by atoms with van der Waals surface area (Å²) in [5, 5.41) is 5.54. The van der Waals surface area contributed by atoms with E-state index >= 15 is 0 Å². The first-order valence-corrected chi connectivity index (χ1v) is 9.45. The summed E-state index contributed by atoms with van der Waals surface area (Å²) in [6.45, 7) is 2.52. The second kappa shape index (κ2) is 7.43. The molecule has 140 valence electrons. The van der Waals surface area contributed by atoms with Gasteiger partial charge in [-0.1, -0.05) is 30.3 Å². The summed E-state index contributed by atoms with van der Waals surface area (Å²) >= 11 is 0. The number of carbonyl (C=O) groups is 1. The second-order valence-electron chi connectivity index (χ2n) is 7.05. The van der Waals surface area contributed by atoms with Crippen molar-refractivity contribution in [3.63, 3.8) is 0 Å². The van der Waals surface area contributed by atoms with Gasteiger partial charge in [0.1, 0.15) is 6.10 Å². The van der Waals surface area contributed by atoms with E-state index in [9.17, 15) is 4.79 Å². The lowest BCUT2D eigenvalue weighted by Gasteiger charge is -2.23. The first kappa shape index (κ1) is 17.6. The molecule has 2 aromatic carbocycles. The summed E-state index contributed by atoms with van der Waals surface area (Å²) in [6.07, 6.45) is 4.20. The molecular weight excluding hydrogens is 340 g/mol. The van der Waals surface area contributed by atoms with Crippen molar-refractivity contribution in [2.24, 2.45) is 5.10 Å². The molecule has 5 nitrogen and oxygen atoms in total. The molecule has 1 aliphatic carbocycles. The van der Waals surface area contributed by atoms with Crippen molar-refractivity contribution >= 4 is 12.1 Å². The van der Waals surface area contributed by atoms with Gasteiger partial charge in [0.05, 0.1) is 6.61 Å². The average Bonchev–Trinajstić information content (AvgIpc) is 3.08. The highest BCUT2D eigenvalue weighted by Gasteiger charge is 2.25. The highest BCUT2D eigenvalue weighted by atomic mass is 16.5. The fourth-order valence-corrected chi connectivity index (χ4v) is 3.72. The molecule has 1 amide bonds. The van der Waals surface area contributed by atoms with Crippen molar-refractivity contribution in [3.8, 4) is 11.5 Å². The molecule has 0 saturated heterocycles. The van der Waals surface area contributed by atoms with Gasteiger partial charge in [-0.15, -0.1) is 0 Å². The van der Waals surface area contributed by atoms with Crippen LogP contribution in [0.3, 0.4) is 0 Å². The van der Waals surface area contributed by atoms with Gasteiger partial charge in [-0.25, -0.2) is 5.01 Å². The van der Waals surface area contributed by atoms with E-state index in [1.807, 2.05) is 31.3 Å². The lowest BCUT2D eigenvalue weighted by atomic mass is 9.95. The second-order valence-corrected chi connectivity index (χ2v) is 7.05. The molecule has 0 bridgehead atoms. The Kier molecular flexibility index (Phi) is 4.84.